The van der Waals surface area contributed by atoms with Crippen molar-refractivity contribution in [3.05, 3.63) is 11.8 Å². The molecule has 1 spiro atoms. The molecule has 4 nitrogen and oxygen atoms in total. The molecular weight excluding hydrogens is 333 g/mol. The Balaban J connectivity index is 1.80. The van der Waals surface area contributed by atoms with Gasteiger partial charge in [-0.1, -0.05) is 33.1 Å². The van der Waals surface area contributed by atoms with Gasteiger partial charge in [-0.15, -0.1) is 0 Å². The van der Waals surface area contributed by atoms with Crippen molar-refractivity contribution in [3.8, 4) is 0 Å². The standard InChI is InChI=1S/C18H25F3N2O2/c1-15(2)9-16(8-12(22)13(15)24)10-23(11-16)14(25)17(18(19,20)21)6-4-3-5-7-17/h8H,3-7,9-11,22H2,1-2H3. The summed E-state index contributed by atoms with van der Waals surface area (Å²) in [5, 5.41) is 0. The number of Topliss-reactive ketones (excluding diaryl/α,β-unsaturated/α-hetero) is 1. The summed E-state index contributed by atoms with van der Waals surface area (Å²) in [5.74, 6) is -0.936. The van der Waals surface area contributed by atoms with E-state index in [1.807, 2.05) is 0 Å². The monoisotopic (exact) mass is 358 g/mol. The molecule has 2 aliphatic carbocycles. The van der Waals surface area contributed by atoms with Crippen LogP contribution in [0.2, 0.25) is 0 Å². The number of hydrogen-bond donors (Lipinski definition) is 1. The molecular formula is C18H25F3N2O2. The molecule has 140 valence electrons. The molecule has 0 radical (unpaired) electrons. The van der Waals surface area contributed by atoms with Gasteiger partial charge < -0.3 is 10.6 Å². The zero-order valence-corrected chi connectivity index (χ0v) is 14.7. The third-order valence-electron chi connectivity index (χ3n) is 6.09. The summed E-state index contributed by atoms with van der Waals surface area (Å²) in [7, 11) is 0. The number of hydrogen-bond acceptors (Lipinski definition) is 3. The molecule has 1 aliphatic heterocycles. The highest BCUT2D eigenvalue weighted by Crippen LogP contribution is 2.53. The van der Waals surface area contributed by atoms with Gasteiger partial charge in [-0.3, -0.25) is 9.59 Å². The predicted octanol–water partition coefficient (Wildman–Crippen LogP) is 3.17. The van der Waals surface area contributed by atoms with Gasteiger partial charge in [0.2, 0.25) is 5.91 Å². The summed E-state index contributed by atoms with van der Waals surface area (Å²) in [6, 6.07) is 0. The molecule has 1 saturated heterocycles. The Labute approximate surface area is 145 Å². The van der Waals surface area contributed by atoms with Crippen molar-refractivity contribution >= 4 is 11.7 Å². The average molecular weight is 358 g/mol. The van der Waals surface area contributed by atoms with Crippen molar-refractivity contribution < 1.29 is 22.8 Å². The quantitative estimate of drug-likeness (QED) is 0.783. The molecule has 1 heterocycles. The van der Waals surface area contributed by atoms with Gasteiger partial charge in [0.05, 0.1) is 5.70 Å². The zero-order valence-electron chi connectivity index (χ0n) is 14.7. The van der Waals surface area contributed by atoms with Gasteiger partial charge in [0.15, 0.2) is 5.78 Å². The van der Waals surface area contributed by atoms with E-state index in [-0.39, 0.29) is 37.4 Å². The van der Waals surface area contributed by atoms with Crippen LogP contribution in [0.25, 0.3) is 0 Å². The summed E-state index contributed by atoms with van der Waals surface area (Å²) >= 11 is 0. The van der Waals surface area contributed by atoms with Crippen LogP contribution in [0.4, 0.5) is 13.2 Å². The van der Waals surface area contributed by atoms with Gasteiger partial charge in [-0.25, -0.2) is 0 Å². The lowest BCUT2D eigenvalue weighted by molar-refractivity contribution is -0.239. The molecule has 0 bridgehead atoms. The van der Waals surface area contributed by atoms with Gasteiger partial charge >= 0.3 is 6.18 Å². The lowest BCUT2D eigenvalue weighted by Crippen LogP contribution is -2.65. The Morgan fingerprint density at radius 2 is 1.72 bits per heavy atom. The van der Waals surface area contributed by atoms with Crippen LogP contribution in [-0.4, -0.2) is 35.9 Å². The van der Waals surface area contributed by atoms with E-state index in [1.165, 1.54) is 4.90 Å². The van der Waals surface area contributed by atoms with Crippen LogP contribution in [0.15, 0.2) is 11.8 Å². The molecule has 3 rings (SSSR count). The topological polar surface area (TPSA) is 63.4 Å². The number of allylic oxidation sites excluding steroid dienone is 1. The summed E-state index contributed by atoms with van der Waals surface area (Å²) in [5.41, 5.74) is 2.63. The fraction of sp³-hybridized carbons (Fsp3) is 0.778. The second kappa shape index (κ2) is 5.48. The second-order valence-corrected chi connectivity index (χ2v) is 8.65. The van der Waals surface area contributed by atoms with E-state index in [1.54, 1.807) is 19.9 Å². The first kappa shape index (κ1) is 18.3. The first-order chi connectivity index (χ1) is 11.4. The molecule has 25 heavy (non-hydrogen) atoms. The molecule has 0 atom stereocenters. The molecule has 3 aliphatic rings. The maximum Gasteiger partial charge on any atom is 0.403 e. The van der Waals surface area contributed by atoms with Crippen LogP contribution < -0.4 is 5.73 Å². The largest absolute Gasteiger partial charge is 0.403 e. The fourth-order valence-electron chi connectivity index (χ4n) is 4.93. The van der Waals surface area contributed by atoms with E-state index in [0.29, 0.717) is 19.3 Å². The maximum atomic E-state index is 13.7. The van der Waals surface area contributed by atoms with E-state index in [0.717, 1.165) is 6.42 Å². The Kier molecular flexibility index (Phi) is 4.01. The van der Waals surface area contributed by atoms with E-state index in [2.05, 4.69) is 0 Å². The number of carbonyl (C=O) groups excluding carboxylic acids is 2. The van der Waals surface area contributed by atoms with Gasteiger partial charge in [-0.2, -0.15) is 13.2 Å². The number of alkyl halides is 3. The Morgan fingerprint density at radius 1 is 1.16 bits per heavy atom. The number of nitrogens with two attached hydrogens (primary N) is 1. The van der Waals surface area contributed by atoms with E-state index < -0.39 is 28.3 Å². The van der Waals surface area contributed by atoms with Gasteiger partial charge in [-0.05, 0) is 25.3 Å². The van der Waals surface area contributed by atoms with Crippen molar-refractivity contribution in [1.29, 1.82) is 0 Å². The fourth-order valence-corrected chi connectivity index (χ4v) is 4.93. The highest BCUT2D eigenvalue weighted by Gasteiger charge is 2.63. The lowest BCUT2D eigenvalue weighted by atomic mass is 9.61. The number of nitrogens with zero attached hydrogens (tertiary/aromatic N) is 1. The van der Waals surface area contributed by atoms with Gasteiger partial charge in [0.1, 0.15) is 5.41 Å². The minimum atomic E-state index is -4.52. The number of likely N-dealkylation sites (tertiary alicyclic amines) is 1. The van der Waals surface area contributed by atoms with Crippen molar-refractivity contribution in [2.75, 3.05) is 13.1 Å². The van der Waals surface area contributed by atoms with Crippen molar-refractivity contribution in [1.82, 2.24) is 4.90 Å². The lowest BCUT2D eigenvalue weighted by Gasteiger charge is -2.55. The summed E-state index contributed by atoms with van der Waals surface area (Å²) < 4.78 is 41.1. The molecule has 0 aromatic rings. The number of ketones is 1. The second-order valence-electron chi connectivity index (χ2n) is 8.65. The minimum absolute atomic E-state index is 0.124. The van der Waals surface area contributed by atoms with Crippen molar-refractivity contribution in [2.24, 2.45) is 22.0 Å². The average Bonchev–Trinajstić information content (AvgIpc) is 2.48. The Bertz CT molecular complexity index is 625. The molecule has 7 heteroatoms. The van der Waals surface area contributed by atoms with Crippen molar-refractivity contribution in [2.45, 2.75) is 58.5 Å². The molecule has 0 aromatic heterocycles. The van der Waals surface area contributed by atoms with Crippen LogP contribution in [0.5, 0.6) is 0 Å². The number of rotatable bonds is 1. The zero-order chi connectivity index (χ0) is 18.7. The van der Waals surface area contributed by atoms with Crippen LogP contribution in [0.1, 0.15) is 52.4 Å². The Hall–Kier alpha value is -1.53. The van der Waals surface area contributed by atoms with E-state index in [9.17, 15) is 22.8 Å². The summed E-state index contributed by atoms with van der Waals surface area (Å²) in [4.78, 5) is 26.2. The molecule has 0 unspecified atom stereocenters. The smallest absolute Gasteiger partial charge is 0.396 e. The third-order valence-corrected chi connectivity index (χ3v) is 6.09. The molecule has 2 fully saturated rings. The number of amides is 1. The first-order valence-electron chi connectivity index (χ1n) is 8.82. The normalized spacial score (nSPS) is 27.6. The molecule has 1 amide bonds. The number of carbonyl (C=O) groups is 2. The molecule has 2 N–H and O–H groups in total. The highest BCUT2D eigenvalue weighted by molar-refractivity contribution is 6.00. The minimum Gasteiger partial charge on any atom is -0.396 e. The third kappa shape index (κ3) is 2.75. The Morgan fingerprint density at radius 3 is 2.20 bits per heavy atom. The van der Waals surface area contributed by atoms with Crippen LogP contribution in [0, 0.1) is 16.2 Å². The summed E-state index contributed by atoms with van der Waals surface area (Å²) in [6.45, 7) is 4.00. The van der Waals surface area contributed by atoms with Crippen LogP contribution in [0.3, 0.4) is 0 Å². The van der Waals surface area contributed by atoms with Crippen LogP contribution >= 0.6 is 0 Å². The van der Waals surface area contributed by atoms with Crippen LogP contribution in [-0.2, 0) is 9.59 Å². The maximum absolute atomic E-state index is 13.7. The van der Waals surface area contributed by atoms with E-state index >= 15 is 0 Å². The van der Waals surface area contributed by atoms with Crippen molar-refractivity contribution in [3.63, 3.8) is 0 Å². The SMILES string of the molecule is CC1(C)CC2(C=C(N)C1=O)CN(C(=O)C1(C(F)(F)F)CCCCC1)C2. The first-order valence-corrected chi connectivity index (χ1v) is 8.82. The van der Waals surface area contributed by atoms with Gasteiger partial charge in [0.25, 0.3) is 0 Å². The highest BCUT2D eigenvalue weighted by atomic mass is 19.4. The predicted molar refractivity (Wildman–Crippen MR) is 86.3 cm³/mol. The van der Waals surface area contributed by atoms with E-state index in [4.69, 9.17) is 5.73 Å². The molecule has 1 saturated carbocycles. The molecule has 0 aromatic carbocycles. The summed E-state index contributed by atoms with van der Waals surface area (Å²) in [6.07, 6.45) is -1.01. The van der Waals surface area contributed by atoms with Gasteiger partial charge in [0, 0.05) is 23.9 Å². The number of halogens is 3.